The van der Waals surface area contributed by atoms with Crippen molar-refractivity contribution in [2.45, 2.75) is 6.42 Å². The summed E-state index contributed by atoms with van der Waals surface area (Å²) < 4.78 is 0. The van der Waals surface area contributed by atoms with Crippen LogP contribution in [0.4, 0.5) is 0 Å². The van der Waals surface area contributed by atoms with E-state index in [0.29, 0.717) is 0 Å². The molecule has 0 atom stereocenters. The van der Waals surface area contributed by atoms with Crippen molar-refractivity contribution in [3.8, 4) is 0 Å². The van der Waals surface area contributed by atoms with E-state index in [1.165, 1.54) is 6.08 Å². The Morgan fingerprint density at radius 3 is 2.73 bits per heavy atom. The van der Waals surface area contributed by atoms with E-state index in [1.807, 2.05) is 14.1 Å². The zero-order valence-corrected chi connectivity index (χ0v) is 7.26. The summed E-state index contributed by atoms with van der Waals surface area (Å²) in [4.78, 5) is 12.7. The predicted octanol–water partition coefficient (Wildman–Crippen LogP) is 0.240. The summed E-state index contributed by atoms with van der Waals surface area (Å²) in [6, 6.07) is 0. The number of hydrogen-bond donors (Lipinski definition) is 1. The van der Waals surface area contributed by atoms with Crippen LogP contribution < -0.4 is 5.32 Å². The molecule has 0 aliphatic heterocycles. The van der Waals surface area contributed by atoms with E-state index < -0.39 is 0 Å². The lowest BCUT2D eigenvalue weighted by molar-refractivity contribution is -0.116. The lowest BCUT2D eigenvalue weighted by atomic mass is 10.4. The van der Waals surface area contributed by atoms with Gasteiger partial charge in [-0.1, -0.05) is 6.58 Å². The average molecular weight is 156 g/mol. The molecule has 0 aromatic rings. The molecular formula is C8H16N2O. The normalized spacial score (nSPS) is 9.73. The molecule has 1 amide bonds. The summed E-state index contributed by atoms with van der Waals surface area (Å²) in [5.74, 6) is -0.0937. The molecule has 0 aliphatic rings. The predicted molar refractivity (Wildman–Crippen MR) is 46.4 cm³/mol. The molecule has 0 fully saturated rings. The van der Waals surface area contributed by atoms with Crippen LogP contribution in [-0.4, -0.2) is 38.0 Å². The smallest absolute Gasteiger partial charge is 0.243 e. The van der Waals surface area contributed by atoms with Gasteiger partial charge in [-0.3, -0.25) is 4.79 Å². The average Bonchev–Trinajstić information content (AvgIpc) is 1.97. The van der Waals surface area contributed by atoms with Gasteiger partial charge in [-0.05, 0) is 33.1 Å². The van der Waals surface area contributed by atoms with Gasteiger partial charge in [0, 0.05) is 6.54 Å². The number of amides is 1. The van der Waals surface area contributed by atoms with Crippen LogP contribution >= 0.6 is 0 Å². The molecule has 0 unspecified atom stereocenters. The molecule has 3 heteroatoms. The van der Waals surface area contributed by atoms with Gasteiger partial charge in [-0.15, -0.1) is 0 Å². The number of carbonyl (C=O) groups is 1. The molecule has 0 saturated heterocycles. The highest BCUT2D eigenvalue weighted by Crippen LogP contribution is 1.80. The Morgan fingerprint density at radius 2 is 2.27 bits per heavy atom. The number of rotatable bonds is 5. The summed E-state index contributed by atoms with van der Waals surface area (Å²) >= 11 is 0. The van der Waals surface area contributed by atoms with Gasteiger partial charge < -0.3 is 10.2 Å². The minimum absolute atomic E-state index is 0.0937. The molecule has 0 saturated carbocycles. The van der Waals surface area contributed by atoms with Crippen molar-refractivity contribution in [3.05, 3.63) is 12.7 Å². The third kappa shape index (κ3) is 7.06. The van der Waals surface area contributed by atoms with Gasteiger partial charge in [0.05, 0.1) is 0 Å². The van der Waals surface area contributed by atoms with Crippen LogP contribution in [0.3, 0.4) is 0 Å². The number of hydrogen-bond acceptors (Lipinski definition) is 2. The number of nitrogens with zero attached hydrogens (tertiary/aromatic N) is 1. The molecular weight excluding hydrogens is 140 g/mol. The molecule has 0 spiro atoms. The monoisotopic (exact) mass is 156 g/mol. The van der Waals surface area contributed by atoms with Gasteiger partial charge in [0.25, 0.3) is 0 Å². The van der Waals surface area contributed by atoms with Gasteiger partial charge in [-0.2, -0.15) is 0 Å². The van der Waals surface area contributed by atoms with Crippen molar-refractivity contribution < 1.29 is 4.79 Å². The van der Waals surface area contributed by atoms with Crippen LogP contribution in [0.2, 0.25) is 0 Å². The molecule has 0 radical (unpaired) electrons. The maximum atomic E-state index is 10.6. The Labute approximate surface area is 68.1 Å². The molecule has 0 rings (SSSR count). The van der Waals surface area contributed by atoms with Gasteiger partial charge in [0.15, 0.2) is 0 Å². The van der Waals surface area contributed by atoms with E-state index in [9.17, 15) is 4.79 Å². The zero-order chi connectivity index (χ0) is 8.69. The largest absolute Gasteiger partial charge is 0.353 e. The molecule has 0 aromatic carbocycles. The van der Waals surface area contributed by atoms with Crippen LogP contribution in [0.5, 0.6) is 0 Å². The van der Waals surface area contributed by atoms with E-state index >= 15 is 0 Å². The molecule has 0 heterocycles. The zero-order valence-electron chi connectivity index (χ0n) is 7.26. The minimum Gasteiger partial charge on any atom is -0.353 e. The minimum atomic E-state index is -0.0937. The van der Waals surface area contributed by atoms with Crippen LogP contribution in [0, 0.1) is 0 Å². The second kappa shape index (κ2) is 5.92. The SMILES string of the molecule is C=CC(=O)NCCCN(C)C. The van der Waals surface area contributed by atoms with E-state index in [-0.39, 0.29) is 5.91 Å². The highest BCUT2D eigenvalue weighted by Gasteiger charge is 1.92. The van der Waals surface area contributed by atoms with E-state index in [1.54, 1.807) is 0 Å². The lowest BCUT2D eigenvalue weighted by Crippen LogP contribution is -2.25. The summed E-state index contributed by atoms with van der Waals surface area (Å²) in [5, 5.41) is 2.70. The van der Waals surface area contributed by atoms with Crippen molar-refractivity contribution in [1.82, 2.24) is 10.2 Å². The van der Waals surface area contributed by atoms with Crippen LogP contribution in [-0.2, 0) is 4.79 Å². The topological polar surface area (TPSA) is 32.3 Å². The van der Waals surface area contributed by atoms with E-state index in [0.717, 1.165) is 19.5 Å². The Morgan fingerprint density at radius 1 is 1.64 bits per heavy atom. The Kier molecular flexibility index (Phi) is 5.47. The number of nitrogens with one attached hydrogen (secondary N) is 1. The quantitative estimate of drug-likeness (QED) is 0.457. The first-order chi connectivity index (χ1) is 5.16. The standard InChI is InChI=1S/C8H16N2O/c1-4-8(11)9-6-5-7-10(2)3/h4H,1,5-7H2,2-3H3,(H,9,11). The van der Waals surface area contributed by atoms with Crippen molar-refractivity contribution >= 4 is 5.91 Å². The first-order valence-electron chi connectivity index (χ1n) is 3.72. The highest BCUT2D eigenvalue weighted by atomic mass is 16.1. The Bertz CT molecular complexity index is 132. The molecule has 3 nitrogen and oxygen atoms in total. The van der Waals surface area contributed by atoms with E-state index in [4.69, 9.17) is 0 Å². The summed E-state index contributed by atoms with van der Waals surface area (Å²) in [6.45, 7) is 5.07. The van der Waals surface area contributed by atoms with Crippen LogP contribution in [0.1, 0.15) is 6.42 Å². The van der Waals surface area contributed by atoms with Gasteiger partial charge in [0.1, 0.15) is 0 Å². The summed E-state index contributed by atoms with van der Waals surface area (Å²) in [6.07, 6.45) is 2.27. The molecule has 1 N–H and O–H groups in total. The van der Waals surface area contributed by atoms with Gasteiger partial charge in [-0.25, -0.2) is 0 Å². The second-order valence-corrected chi connectivity index (χ2v) is 2.65. The second-order valence-electron chi connectivity index (χ2n) is 2.65. The van der Waals surface area contributed by atoms with Gasteiger partial charge >= 0.3 is 0 Å². The third-order valence-electron chi connectivity index (χ3n) is 1.27. The van der Waals surface area contributed by atoms with E-state index in [2.05, 4.69) is 16.8 Å². The van der Waals surface area contributed by atoms with Crippen LogP contribution in [0.25, 0.3) is 0 Å². The van der Waals surface area contributed by atoms with Crippen molar-refractivity contribution in [2.75, 3.05) is 27.2 Å². The van der Waals surface area contributed by atoms with Crippen LogP contribution in [0.15, 0.2) is 12.7 Å². The molecule has 11 heavy (non-hydrogen) atoms. The summed E-state index contributed by atoms with van der Waals surface area (Å²) in [7, 11) is 4.02. The van der Waals surface area contributed by atoms with Crippen molar-refractivity contribution in [1.29, 1.82) is 0 Å². The first kappa shape index (κ1) is 10.2. The fourth-order valence-corrected chi connectivity index (χ4v) is 0.679. The number of carbonyl (C=O) groups excluding carboxylic acids is 1. The fraction of sp³-hybridized carbons (Fsp3) is 0.625. The molecule has 0 aliphatic carbocycles. The maximum absolute atomic E-state index is 10.6. The fourth-order valence-electron chi connectivity index (χ4n) is 0.679. The molecule has 64 valence electrons. The highest BCUT2D eigenvalue weighted by molar-refractivity contribution is 5.86. The first-order valence-corrected chi connectivity index (χ1v) is 3.72. The van der Waals surface area contributed by atoms with Crippen molar-refractivity contribution in [3.63, 3.8) is 0 Å². The third-order valence-corrected chi connectivity index (χ3v) is 1.27. The maximum Gasteiger partial charge on any atom is 0.243 e. The molecule has 0 bridgehead atoms. The lowest BCUT2D eigenvalue weighted by Gasteiger charge is -2.08. The van der Waals surface area contributed by atoms with Crippen molar-refractivity contribution in [2.24, 2.45) is 0 Å². The Hall–Kier alpha value is -0.830. The Balaban J connectivity index is 3.14. The van der Waals surface area contributed by atoms with Gasteiger partial charge in [0.2, 0.25) is 5.91 Å². The summed E-state index contributed by atoms with van der Waals surface area (Å²) in [5.41, 5.74) is 0. The molecule has 0 aromatic heterocycles.